The summed E-state index contributed by atoms with van der Waals surface area (Å²) in [6.07, 6.45) is 0.809. The number of carbonyl (C=O) groups is 1. The van der Waals surface area contributed by atoms with Crippen molar-refractivity contribution in [3.05, 3.63) is 52.7 Å². The summed E-state index contributed by atoms with van der Waals surface area (Å²) in [6.45, 7) is 3.60. The first-order valence-corrected chi connectivity index (χ1v) is 7.27. The first-order valence-electron chi connectivity index (χ1n) is 6.89. The maximum Gasteiger partial charge on any atom is 0.160 e. The average Bonchev–Trinajstić information content (AvgIpc) is 2.92. The molecule has 1 N–H and O–H groups in total. The van der Waals surface area contributed by atoms with Gasteiger partial charge in [-0.25, -0.2) is 0 Å². The molecule has 0 unspecified atom stereocenters. The van der Waals surface area contributed by atoms with Crippen LogP contribution < -0.4 is 0 Å². The molecular weight excluding hydrogens is 284 g/mol. The van der Waals surface area contributed by atoms with Crippen LogP contribution in [0.15, 0.2) is 36.4 Å². The Bertz CT molecular complexity index is 822. The standard InChI is InChI=1S/C17H15ClN2O/c1-3-14-16-13(18)9-12(10(2)21)15(17(16)20-19-14)11-7-5-4-6-8-11/h4-9H,3H2,1-2H3,(H,19,20). The van der Waals surface area contributed by atoms with Crippen molar-refractivity contribution in [2.45, 2.75) is 20.3 Å². The number of carbonyl (C=O) groups excluding carboxylic acids is 1. The fourth-order valence-corrected chi connectivity index (χ4v) is 2.96. The Morgan fingerprint density at radius 2 is 2.00 bits per heavy atom. The van der Waals surface area contributed by atoms with Gasteiger partial charge >= 0.3 is 0 Å². The van der Waals surface area contributed by atoms with E-state index in [0.29, 0.717) is 10.6 Å². The molecule has 0 spiro atoms. The smallest absolute Gasteiger partial charge is 0.160 e. The summed E-state index contributed by atoms with van der Waals surface area (Å²) in [5.41, 5.74) is 4.17. The highest BCUT2D eigenvalue weighted by atomic mass is 35.5. The van der Waals surface area contributed by atoms with Gasteiger partial charge in [0.2, 0.25) is 0 Å². The van der Waals surface area contributed by atoms with Gasteiger partial charge in [-0.3, -0.25) is 9.89 Å². The van der Waals surface area contributed by atoms with Crippen LogP contribution in [0.5, 0.6) is 0 Å². The quantitative estimate of drug-likeness (QED) is 0.715. The molecule has 21 heavy (non-hydrogen) atoms. The molecule has 4 heteroatoms. The highest BCUT2D eigenvalue weighted by Gasteiger charge is 2.19. The van der Waals surface area contributed by atoms with Crippen molar-refractivity contribution in [3.8, 4) is 11.1 Å². The number of halogens is 1. The maximum atomic E-state index is 12.0. The van der Waals surface area contributed by atoms with Crippen molar-refractivity contribution in [1.29, 1.82) is 0 Å². The molecule has 3 rings (SSSR count). The molecule has 0 bridgehead atoms. The van der Waals surface area contributed by atoms with Gasteiger partial charge in [-0.2, -0.15) is 5.10 Å². The van der Waals surface area contributed by atoms with Crippen LogP contribution in [0.3, 0.4) is 0 Å². The van der Waals surface area contributed by atoms with Gasteiger partial charge in [0.1, 0.15) is 5.52 Å². The SMILES string of the molecule is CCc1[nH]nc2c(-c3ccccc3)c(C(C)=O)cc(Cl)c12. The Kier molecular flexibility index (Phi) is 3.52. The van der Waals surface area contributed by atoms with Gasteiger partial charge in [-0.15, -0.1) is 0 Å². The van der Waals surface area contributed by atoms with Crippen molar-refractivity contribution in [2.75, 3.05) is 0 Å². The van der Waals surface area contributed by atoms with E-state index in [1.165, 1.54) is 0 Å². The molecule has 0 aliphatic heterocycles. The van der Waals surface area contributed by atoms with Crippen LogP contribution in [0.4, 0.5) is 0 Å². The first-order chi connectivity index (χ1) is 10.1. The number of Topliss-reactive ketones (excluding diaryl/α,β-unsaturated/α-hetero) is 1. The molecule has 3 nitrogen and oxygen atoms in total. The number of H-pyrrole nitrogens is 1. The van der Waals surface area contributed by atoms with Gasteiger partial charge < -0.3 is 0 Å². The van der Waals surface area contributed by atoms with Crippen LogP contribution in [0.2, 0.25) is 5.02 Å². The fourth-order valence-electron chi connectivity index (χ4n) is 2.65. The van der Waals surface area contributed by atoms with Crippen LogP contribution in [-0.2, 0) is 6.42 Å². The second-order valence-electron chi connectivity index (χ2n) is 4.98. The van der Waals surface area contributed by atoms with E-state index >= 15 is 0 Å². The highest BCUT2D eigenvalue weighted by Crippen LogP contribution is 2.37. The Balaban J connectivity index is 2.45. The molecular formula is C17H15ClN2O. The van der Waals surface area contributed by atoms with E-state index in [1.807, 2.05) is 37.3 Å². The molecule has 3 aromatic rings. The van der Waals surface area contributed by atoms with E-state index in [1.54, 1.807) is 13.0 Å². The number of rotatable bonds is 3. The summed E-state index contributed by atoms with van der Waals surface area (Å²) < 4.78 is 0. The van der Waals surface area contributed by atoms with Crippen molar-refractivity contribution >= 4 is 28.3 Å². The van der Waals surface area contributed by atoms with Crippen molar-refractivity contribution in [3.63, 3.8) is 0 Å². The normalized spacial score (nSPS) is 11.0. The largest absolute Gasteiger partial charge is 0.294 e. The summed E-state index contributed by atoms with van der Waals surface area (Å²) in [7, 11) is 0. The number of benzene rings is 2. The monoisotopic (exact) mass is 298 g/mol. The van der Waals surface area contributed by atoms with Crippen LogP contribution in [0, 0.1) is 0 Å². The van der Waals surface area contributed by atoms with Crippen LogP contribution >= 0.6 is 11.6 Å². The topological polar surface area (TPSA) is 45.8 Å². The van der Waals surface area contributed by atoms with E-state index < -0.39 is 0 Å². The number of hydrogen-bond acceptors (Lipinski definition) is 2. The lowest BCUT2D eigenvalue weighted by Gasteiger charge is -2.10. The average molecular weight is 299 g/mol. The summed E-state index contributed by atoms with van der Waals surface area (Å²) in [6, 6.07) is 11.6. The van der Waals surface area contributed by atoms with Crippen LogP contribution in [-0.4, -0.2) is 16.0 Å². The second kappa shape index (κ2) is 5.34. The number of aryl methyl sites for hydroxylation is 1. The molecule has 0 fully saturated rings. The maximum absolute atomic E-state index is 12.0. The zero-order valence-corrected chi connectivity index (χ0v) is 12.7. The minimum atomic E-state index is -0.0151. The second-order valence-corrected chi connectivity index (χ2v) is 5.39. The lowest BCUT2D eigenvalue weighted by atomic mass is 9.94. The zero-order chi connectivity index (χ0) is 15.0. The minimum Gasteiger partial charge on any atom is -0.294 e. The van der Waals surface area contributed by atoms with E-state index in [9.17, 15) is 4.79 Å². The molecule has 106 valence electrons. The summed E-state index contributed by atoms with van der Waals surface area (Å²) in [5.74, 6) is -0.0151. The molecule has 0 saturated heterocycles. The number of nitrogens with one attached hydrogen (secondary N) is 1. The fraction of sp³-hybridized carbons (Fsp3) is 0.176. The molecule has 0 atom stereocenters. The third kappa shape index (κ3) is 2.24. The number of nitrogens with zero attached hydrogens (tertiary/aromatic N) is 1. The molecule has 0 aliphatic carbocycles. The molecule has 0 amide bonds. The van der Waals surface area contributed by atoms with Gasteiger partial charge in [0.15, 0.2) is 5.78 Å². The van der Waals surface area contributed by atoms with Crippen molar-refractivity contribution in [2.24, 2.45) is 0 Å². The lowest BCUT2D eigenvalue weighted by Crippen LogP contribution is -1.98. The molecule has 0 saturated carbocycles. The predicted octanol–water partition coefficient (Wildman–Crippen LogP) is 4.65. The molecule has 0 aliphatic rings. The molecule has 1 heterocycles. The molecule has 1 aromatic heterocycles. The van der Waals surface area contributed by atoms with Crippen LogP contribution in [0.25, 0.3) is 22.0 Å². The third-order valence-corrected chi connectivity index (χ3v) is 3.95. The Hall–Kier alpha value is -2.13. The Labute approximate surface area is 127 Å². The van der Waals surface area contributed by atoms with Gasteiger partial charge in [-0.05, 0) is 25.0 Å². The third-order valence-electron chi connectivity index (χ3n) is 3.65. The van der Waals surface area contributed by atoms with Gasteiger partial charge in [-0.1, -0.05) is 48.9 Å². The molecule has 0 radical (unpaired) electrons. The highest BCUT2D eigenvalue weighted by molar-refractivity contribution is 6.37. The zero-order valence-electron chi connectivity index (χ0n) is 11.9. The summed E-state index contributed by atoms with van der Waals surface area (Å²) in [5, 5.41) is 8.92. The first kappa shape index (κ1) is 13.8. The summed E-state index contributed by atoms with van der Waals surface area (Å²) in [4.78, 5) is 12.0. The Morgan fingerprint density at radius 3 is 2.62 bits per heavy atom. The lowest BCUT2D eigenvalue weighted by molar-refractivity contribution is 0.101. The molecule has 2 aromatic carbocycles. The van der Waals surface area contributed by atoms with E-state index in [-0.39, 0.29) is 5.78 Å². The summed E-state index contributed by atoms with van der Waals surface area (Å²) >= 11 is 6.38. The van der Waals surface area contributed by atoms with Crippen molar-refractivity contribution < 1.29 is 4.79 Å². The van der Waals surface area contributed by atoms with E-state index in [0.717, 1.165) is 34.1 Å². The van der Waals surface area contributed by atoms with Gasteiger partial charge in [0, 0.05) is 22.2 Å². The number of fused-ring (bicyclic) bond motifs is 1. The van der Waals surface area contributed by atoms with E-state index in [4.69, 9.17) is 11.6 Å². The number of hydrogen-bond donors (Lipinski definition) is 1. The number of ketones is 1. The van der Waals surface area contributed by atoms with Crippen molar-refractivity contribution in [1.82, 2.24) is 10.2 Å². The minimum absolute atomic E-state index is 0.0151. The number of aromatic amines is 1. The predicted molar refractivity (Wildman–Crippen MR) is 85.9 cm³/mol. The van der Waals surface area contributed by atoms with E-state index in [2.05, 4.69) is 10.2 Å². The number of aromatic nitrogens is 2. The van der Waals surface area contributed by atoms with Gasteiger partial charge in [0.05, 0.1) is 5.02 Å². The Morgan fingerprint density at radius 1 is 1.29 bits per heavy atom. The van der Waals surface area contributed by atoms with Crippen LogP contribution in [0.1, 0.15) is 29.9 Å². The van der Waals surface area contributed by atoms with Gasteiger partial charge in [0.25, 0.3) is 0 Å².